The molecule has 2 rings (SSSR count). The van der Waals surface area contributed by atoms with Crippen LogP contribution in [0.3, 0.4) is 0 Å². The predicted molar refractivity (Wildman–Crippen MR) is 65.3 cm³/mol. The third-order valence-electron chi connectivity index (χ3n) is 2.95. The van der Waals surface area contributed by atoms with Crippen LogP contribution in [-0.2, 0) is 4.74 Å². The normalized spacial score (nSPS) is 26.7. The van der Waals surface area contributed by atoms with Gasteiger partial charge in [0.2, 0.25) is 0 Å². The van der Waals surface area contributed by atoms with Crippen LogP contribution < -0.4 is 11.2 Å². The SMILES string of the molecule is Cc1cn([C@H]2C[C@H](O)[C@@H](/C=C\C#N)O2)c(=O)[nH]c1=O. The molecule has 0 amide bonds. The van der Waals surface area contributed by atoms with Gasteiger partial charge in [0.15, 0.2) is 0 Å². The number of H-pyrrole nitrogens is 1. The highest BCUT2D eigenvalue weighted by atomic mass is 16.5. The minimum absolute atomic E-state index is 0.214. The molecular weight excluding hydrogens is 250 g/mol. The fourth-order valence-corrected chi connectivity index (χ4v) is 1.96. The van der Waals surface area contributed by atoms with Gasteiger partial charge in [0.05, 0.1) is 12.2 Å². The second-order valence-electron chi connectivity index (χ2n) is 4.33. The van der Waals surface area contributed by atoms with Gasteiger partial charge in [-0.3, -0.25) is 14.3 Å². The summed E-state index contributed by atoms with van der Waals surface area (Å²) in [6, 6.07) is 1.81. The summed E-state index contributed by atoms with van der Waals surface area (Å²) in [5, 5.41) is 18.2. The van der Waals surface area contributed by atoms with Crippen LogP contribution in [0.15, 0.2) is 27.9 Å². The third-order valence-corrected chi connectivity index (χ3v) is 2.95. The van der Waals surface area contributed by atoms with E-state index in [9.17, 15) is 14.7 Å². The van der Waals surface area contributed by atoms with Crippen LogP contribution in [0.25, 0.3) is 0 Å². The Bertz CT molecular complexity index is 652. The molecule has 0 radical (unpaired) electrons. The molecule has 1 aliphatic rings. The number of rotatable bonds is 2. The smallest absolute Gasteiger partial charge is 0.330 e. The number of aliphatic hydroxyl groups excluding tert-OH is 1. The summed E-state index contributed by atoms with van der Waals surface area (Å²) in [5.41, 5.74) is -0.646. The number of ether oxygens (including phenoxy) is 1. The largest absolute Gasteiger partial charge is 0.390 e. The highest BCUT2D eigenvalue weighted by Crippen LogP contribution is 2.28. The summed E-state index contributed by atoms with van der Waals surface area (Å²) >= 11 is 0. The zero-order chi connectivity index (χ0) is 14.0. The summed E-state index contributed by atoms with van der Waals surface area (Å²) in [7, 11) is 0. The molecular formula is C12H13N3O4. The molecule has 2 N–H and O–H groups in total. The zero-order valence-electron chi connectivity index (χ0n) is 10.2. The number of hydrogen-bond acceptors (Lipinski definition) is 5. The number of aromatic amines is 1. The molecule has 1 aliphatic heterocycles. The van der Waals surface area contributed by atoms with Crippen molar-refractivity contribution in [1.29, 1.82) is 5.26 Å². The maximum atomic E-state index is 11.7. The molecule has 0 bridgehead atoms. The summed E-state index contributed by atoms with van der Waals surface area (Å²) in [5.74, 6) is 0. The van der Waals surface area contributed by atoms with Crippen molar-refractivity contribution in [1.82, 2.24) is 9.55 Å². The molecule has 0 saturated carbocycles. The zero-order valence-corrected chi connectivity index (χ0v) is 10.2. The summed E-state index contributed by atoms with van der Waals surface area (Å²) in [6.45, 7) is 1.58. The van der Waals surface area contributed by atoms with E-state index in [-0.39, 0.29) is 6.42 Å². The van der Waals surface area contributed by atoms with Crippen molar-refractivity contribution in [2.24, 2.45) is 0 Å². The van der Waals surface area contributed by atoms with Gasteiger partial charge in [-0.15, -0.1) is 0 Å². The van der Waals surface area contributed by atoms with E-state index in [1.165, 1.54) is 22.9 Å². The van der Waals surface area contributed by atoms with E-state index in [1.807, 2.05) is 6.07 Å². The van der Waals surface area contributed by atoms with E-state index in [2.05, 4.69) is 4.98 Å². The molecule has 2 heterocycles. The van der Waals surface area contributed by atoms with Gasteiger partial charge in [0.1, 0.15) is 12.3 Å². The Morgan fingerprint density at radius 2 is 2.37 bits per heavy atom. The molecule has 7 nitrogen and oxygen atoms in total. The summed E-state index contributed by atoms with van der Waals surface area (Å²) in [4.78, 5) is 25.1. The molecule has 19 heavy (non-hydrogen) atoms. The lowest BCUT2D eigenvalue weighted by Crippen LogP contribution is -2.33. The molecule has 0 aromatic carbocycles. The minimum atomic E-state index is -0.797. The second-order valence-corrected chi connectivity index (χ2v) is 4.33. The molecule has 0 spiro atoms. The van der Waals surface area contributed by atoms with Crippen LogP contribution in [0, 0.1) is 18.3 Å². The van der Waals surface area contributed by atoms with Crippen molar-refractivity contribution in [3.63, 3.8) is 0 Å². The van der Waals surface area contributed by atoms with E-state index in [1.54, 1.807) is 6.92 Å². The van der Waals surface area contributed by atoms with Crippen molar-refractivity contribution < 1.29 is 9.84 Å². The van der Waals surface area contributed by atoms with Crippen LogP contribution in [0.4, 0.5) is 0 Å². The lowest BCUT2D eigenvalue weighted by atomic mass is 10.1. The highest BCUT2D eigenvalue weighted by Gasteiger charge is 2.33. The Balaban J connectivity index is 2.28. The van der Waals surface area contributed by atoms with E-state index >= 15 is 0 Å². The number of nitriles is 1. The van der Waals surface area contributed by atoms with Crippen molar-refractivity contribution in [3.05, 3.63) is 44.8 Å². The first kappa shape index (κ1) is 13.3. The van der Waals surface area contributed by atoms with E-state index in [0.717, 1.165) is 0 Å². The van der Waals surface area contributed by atoms with Crippen LogP contribution in [0.1, 0.15) is 18.2 Å². The van der Waals surface area contributed by atoms with Gasteiger partial charge in [-0.1, -0.05) is 0 Å². The Kier molecular flexibility index (Phi) is 3.64. The molecule has 0 aliphatic carbocycles. The molecule has 3 atom stereocenters. The number of aromatic nitrogens is 2. The van der Waals surface area contributed by atoms with Crippen LogP contribution in [0.5, 0.6) is 0 Å². The van der Waals surface area contributed by atoms with E-state index in [0.29, 0.717) is 5.56 Å². The number of hydrogen-bond donors (Lipinski definition) is 2. The van der Waals surface area contributed by atoms with E-state index in [4.69, 9.17) is 10.00 Å². The van der Waals surface area contributed by atoms with Crippen molar-refractivity contribution in [2.75, 3.05) is 0 Å². The predicted octanol–water partition coefficient (Wildman–Crippen LogP) is -0.427. The lowest BCUT2D eigenvalue weighted by Gasteiger charge is -2.14. The Morgan fingerprint density at radius 3 is 3.05 bits per heavy atom. The Labute approximate surface area is 108 Å². The quantitative estimate of drug-likeness (QED) is 0.704. The Hall–Kier alpha value is -2.17. The van der Waals surface area contributed by atoms with Gasteiger partial charge in [-0.25, -0.2) is 4.79 Å². The van der Waals surface area contributed by atoms with Crippen molar-refractivity contribution in [2.45, 2.75) is 31.8 Å². The molecule has 0 unspecified atom stereocenters. The summed E-state index contributed by atoms with van der Waals surface area (Å²) < 4.78 is 6.73. The van der Waals surface area contributed by atoms with Gasteiger partial charge >= 0.3 is 5.69 Å². The average molecular weight is 263 g/mol. The molecule has 1 saturated heterocycles. The molecule has 7 heteroatoms. The maximum absolute atomic E-state index is 11.7. The van der Waals surface area contributed by atoms with Gasteiger partial charge in [0, 0.05) is 24.3 Å². The van der Waals surface area contributed by atoms with Crippen LogP contribution in [-0.4, -0.2) is 26.9 Å². The van der Waals surface area contributed by atoms with Gasteiger partial charge in [-0.05, 0) is 13.0 Å². The molecule has 1 aromatic heterocycles. The van der Waals surface area contributed by atoms with Gasteiger partial charge < -0.3 is 9.84 Å². The topological polar surface area (TPSA) is 108 Å². The number of aryl methyl sites for hydroxylation is 1. The van der Waals surface area contributed by atoms with Crippen molar-refractivity contribution in [3.8, 4) is 6.07 Å². The first-order valence-electron chi connectivity index (χ1n) is 5.75. The fourth-order valence-electron chi connectivity index (χ4n) is 1.96. The highest BCUT2D eigenvalue weighted by molar-refractivity contribution is 5.08. The standard InChI is InChI=1S/C12H13N3O4/c1-7-6-15(12(18)14-11(7)17)10-5-8(16)9(19-10)3-2-4-13/h2-3,6,8-10,16H,5H2,1H3,(H,14,17,18)/b3-2-/t8-,9+,10+/m0/s1. The average Bonchev–Trinajstić information content (AvgIpc) is 2.72. The fraction of sp³-hybridized carbons (Fsp3) is 0.417. The molecule has 100 valence electrons. The number of aliphatic hydroxyl groups is 1. The lowest BCUT2D eigenvalue weighted by molar-refractivity contribution is 0.00476. The number of nitrogens with one attached hydrogen (secondary N) is 1. The molecule has 1 aromatic rings. The number of allylic oxidation sites excluding steroid dienone is 1. The third kappa shape index (κ3) is 2.65. The first-order chi connectivity index (χ1) is 9.02. The number of nitrogens with zero attached hydrogens (tertiary/aromatic N) is 2. The summed E-state index contributed by atoms with van der Waals surface area (Å²) in [6.07, 6.45) is 2.18. The van der Waals surface area contributed by atoms with Gasteiger partial charge in [0.25, 0.3) is 5.56 Å². The van der Waals surface area contributed by atoms with Crippen LogP contribution >= 0.6 is 0 Å². The molecule has 1 fully saturated rings. The second kappa shape index (κ2) is 5.22. The Morgan fingerprint density at radius 1 is 1.63 bits per heavy atom. The minimum Gasteiger partial charge on any atom is -0.390 e. The van der Waals surface area contributed by atoms with E-state index < -0.39 is 29.7 Å². The van der Waals surface area contributed by atoms with Gasteiger partial charge in [-0.2, -0.15) is 5.26 Å². The maximum Gasteiger partial charge on any atom is 0.330 e. The first-order valence-corrected chi connectivity index (χ1v) is 5.75. The monoisotopic (exact) mass is 263 g/mol. The van der Waals surface area contributed by atoms with Crippen LogP contribution in [0.2, 0.25) is 0 Å². The van der Waals surface area contributed by atoms with Crippen molar-refractivity contribution >= 4 is 0 Å².